The summed E-state index contributed by atoms with van der Waals surface area (Å²) in [6.07, 6.45) is 0. The summed E-state index contributed by atoms with van der Waals surface area (Å²) in [7, 11) is 1.35. The number of rotatable bonds is 7. The number of ether oxygens (including phenoxy) is 1. The van der Waals surface area contributed by atoms with Crippen LogP contribution in [0.25, 0.3) is 0 Å². The predicted molar refractivity (Wildman–Crippen MR) is 71.1 cm³/mol. The SMILES string of the molecule is COC(=O)C(NC(C)C(=O)NCC(C)C)C(C)C. The van der Waals surface area contributed by atoms with Crippen LogP contribution in [-0.2, 0) is 14.3 Å². The molecule has 0 aromatic carbocycles. The topological polar surface area (TPSA) is 67.4 Å². The van der Waals surface area contributed by atoms with E-state index in [1.807, 2.05) is 27.7 Å². The van der Waals surface area contributed by atoms with E-state index in [0.29, 0.717) is 12.5 Å². The molecular weight excluding hydrogens is 232 g/mol. The molecule has 0 bridgehead atoms. The lowest BCUT2D eigenvalue weighted by Crippen LogP contribution is -2.52. The van der Waals surface area contributed by atoms with Gasteiger partial charge in [-0.3, -0.25) is 14.9 Å². The summed E-state index contributed by atoms with van der Waals surface area (Å²) in [5, 5.41) is 5.83. The van der Waals surface area contributed by atoms with Crippen LogP contribution in [0.15, 0.2) is 0 Å². The first-order chi connectivity index (χ1) is 8.29. The molecule has 0 spiro atoms. The fourth-order valence-corrected chi connectivity index (χ4v) is 1.46. The summed E-state index contributed by atoms with van der Waals surface area (Å²) >= 11 is 0. The van der Waals surface area contributed by atoms with Gasteiger partial charge in [-0.25, -0.2) is 0 Å². The standard InChI is InChI=1S/C13H26N2O3/c1-8(2)7-14-12(16)10(5)15-11(9(3)4)13(17)18-6/h8-11,15H,7H2,1-6H3,(H,14,16). The van der Waals surface area contributed by atoms with Gasteiger partial charge in [0.15, 0.2) is 0 Å². The van der Waals surface area contributed by atoms with Crippen LogP contribution in [0.1, 0.15) is 34.6 Å². The average Bonchev–Trinajstić information content (AvgIpc) is 2.30. The molecule has 1 amide bonds. The molecule has 0 aliphatic rings. The first kappa shape index (κ1) is 16.9. The zero-order chi connectivity index (χ0) is 14.3. The summed E-state index contributed by atoms with van der Waals surface area (Å²) in [6, 6.07) is -0.884. The average molecular weight is 258 g/mol. The monoisotopic (exact) mass is 258 g/mol. The van der Waals surface area contributed by atoms with Crippen molar-refractivity contribution in [2.45, 2.75) is 46.7 Å². The maximum Gasteiger partial charge on any atom is 0.323 e. The van der Waals surface area contributed by atoms with Gasteiger partial charge in [-0.05, 0) is 18.8 Å². The van der Waals surface area contributed by atoms with Crippen molar-refractivity contribution in [3.05, 3.63) is 0 Å². The van der Waals surface area contributed by atoms with Crippen LogP contribution in [-0.4, -0.2) is 37.6 Å². The molecule has 2 unspecified atom stereocenters. The highest BCUT2D eigenvalue weighted by Crippen LogP contribution is 2.05. The van der Waals surface area contributed by atoms with E-state index in [-0.39, 0.29) is 17.8 Å². The van der Waals surface area contributed by atoms with Gasteiger partial charge >= 0.3 is 5.97 Å². The third-order valence-corrected chi connectivity index (χ3v) is 2.63. The van der Waals surface area contributed by atoms with Crippen LogP contribution < -0.4 is 10.6 Å². The minimum absolute atomic E-state index is 0.0674. The highest BCUT2D eigenvalue weighted by molar-refractivity contribution is 5.83. The van der Waals surface area contributed by atoms with E-state index in [1.165, 1.54) is 7.11 Å². The summed E-state index contributed by atoms with van der Waals surface area (Å²) in [6.45, 7) is 10.3. The van der Waals surface area contributed by atoms with Gasteiger partial charge in [0.2, 0.25) is 5.91 Å². The Hall–Kier alpha value is -1.10. The number of carbonyl (C=O) groups is 2. The van der Waals surface area contributed by atoms with Gasteiger partial charge in [0, 0.05) is 6.54 Å². The number of amides is 1. The number of hydrogen-bond acceptors (Lipinski definition) is 4. The molecule has 0 aromatic heterocycles. The van der Waals surface area contributed by atoms with Gasteiger partial charge in [-0.2, -0.15) is 0 Å². The lowest BCUT2D eigenvalue weighted by molar-refractivity contribution is -0.144. The highest BCUT2D eigenvalue weighted by Gasteiger charge is 2.26. The van der Waals surface area contributed by atoms with Gasteiger partial charge in [-0.15, -0.1) is 0 Å². The Bertz CT molecular complexity index is 277. The molecule has 18 heavy (non-hydrogen) atoms. The van der Waals surface area contributed by atoms with Crippen molar-refractivity contribution in [1.82, 2.24) is 10.6 Å². The highest BCUT2D eigenvalue weighted by atomic mass is 16.5. The van der Waals surface area contributed by atoms with Crippen LogP contribution in [0.2, 0.25) is 0 Å². The van der Waals surface area contributed by atoms with Crippen molar-refractivity contribution in [3.63, 3.8) is 0 Å². The molecule has 2 N–H and O–H groups in total. The fraction of sp³-hybridized carbons (Fsp3) is 0.846. The minimum Gasteiger partial charge on any atom is -0.468 e. The smallest absolute Gasteiger partial charge is 0.323 e. The minimum atomic E-state index is -0.463. The van der Waals surface area contributed by atoms with E-state index in [0.717, 1.165) is 0 Å². The Balaban J connectivity index is 4.37. The lowest BCUT2D eigenvalue weighted by Gasteiger charge is -2.24. The molecule has 0 rings (SSSR count). The molecule has 0 fully saturated rings. The van der Waals surface area contributed by atoms with Gasteiger partial charge in [0.1, 0.15) is 6.04 Å². The molecule has 0 saturated heterocycles. The van der Waals surface area contributed by atoms with Crippen LogP contribution in [0.5, 0.6) is 0 Å². The van der Waals surface area contributed by atoms with Crippen molar-refractivity contribution in [1.29, 1.82) is 0 Å². The number of carbonyl (C=O) groups excluding carboxylic acids is 2. The Morgan fingerprint density at radius 3 is 2.06 bits per heavy atom. The zero-order valence-electron chi connectivity index (χ0n) is 12.2. The van der Waals surface area contributed by atoms with Crippen LogP contribution in [0, 0.1) is 11.8 Å². The fourth-order valence-electron chi connectivity index (χ4n) is 1.46. The van der Waals surface area contributed by atoms with E-state index < -0.39 is 12.1 Å². The van der Waals surface area contributed by atoms with Gasteiger partial charge in [0.05, 0.1) is 13.2 Å². The molecule has 0 aromatic rings. The molecular formula is C13H26N2O3. The van der Waals surface area contributed by atoms with Gasteiger partial charge < -0.3 is 10.1 Å². The Kier molecular flexibility index (Phi) is 7.59. The van der Waals surface area contributed by atoms with Crippen LogP contribution in [0.4, 0.5) is 0 Å². The van der Waals surface area contributed by atoms with Crippen molar-refractivity contribution in [2.24, 2.45) is 11.8 Å². The first-order valence-corrected chi connectivity index (χ1v) is 6.41. The Morgan fingerprint density at radius 1 is 1.11 bits per heavy atom. The quantitative estimate of drug-likeness (QED) is 0.667. The zero-order valence-corrected chi connectivity index (χ0v) is 12.2. The normalized spacial score (nSPS) is 14.4. The molecule has 106 valence electrons. The van der Waals surface area contributed by atoms with Crippen molar-refractivity contribution in [3.8, 4) is 0 Å². The van der Waals surface area contributed by atoms with E-state index in [2.05, 4.69) is 10.6 Å². The Labute approximate surface area is 110 Å². The van der Waals surface area contributed by atoms with Crippen LogP contribution >= 0.6 is 0 Å². The van der Waals surface area contributed by atoms with E-state index in [1.54, 1.807) is 6.92 Å². The second-order valence-corrected chi connectivity index (χ2v) is 5.27. The molecule has 0 aliphatic carbocycles. The Morgan fingerprint density at radius 2 is 1.67 bits per heavy atom. The van der Waals surface area contributed by atoms with Crippen molar-refractivity contribution < 1.29 is 14.3 Å². The summed E-state index contributed by atoms with van der Waals surface area (Å²) in [4.78, 5) is 23.4. The molecule has 5 heteroatoms. The van der Waals surface area contributed by atoms with Crippen LogP contribution in [0.3, 0.4) is 0 Å². The third kappa shape index (κ3) is 6.00. The number of methoxy groups -OCH3 is 1. The maximum absolute atomic E-state index is 11.8. The van der Waals surface area contributed by atoms with E-state index in [4.69, 9.17) is 4.74 Å². The number of nitrogens with one attached hydrogen (secondary N) is 2. The number of hydrogen-bond donors (Lipinski definition) is 2. The summed E-state index contributed by atoms with van der Waals surface area (Å²) in [5.41, 5.74) is 0. The van der Waals surface area contributed by atoms with Gasteiger partial charge in [-0.1, -0.05) is 27.7 Å². The third-order valence-electron chi connectivity index (χ3n) is 2.63. The maximum atomic E-state index is 11.8. The first-order valence-electron chi connectivity index (χ1n) is 6.41. The second kappa shape index (κ2) is 8.08. The van der Waals surface area contributed by atoms with Crippen molar-refractivity contribution >= 4 is 11.9 Å². The lowest BCUT2D eigenvalue weighted by atomic mass is 10.0. The summed E-state index contributed by atoms with van der Waals surface area (Å²) in [5.74, 6) is 0.0345. The molecule has 2 atom stereocenters. The molecule has 0 heterocycles. The van der Waals surface area contributed by atoms with Gasteiger partial charge in [0.25, 0.3) is 0 Å². The summed E-state index contributed by atoms with van der Waals surface area (Å²) < 4.78 is 4.72. The molecule has 0 saturated carbocycles. The largest absolute Gasteiger partial charge is 0.468 e. The van der Waals surface area contributed by atoms with E-state index >= 15 is 0 Å². The number of esters is 1. The van der Waals surface area contributed by atoms with Crippen molar-refractivity contribution in [2.75, 3.05) is 13.7 Å². The molecule has 5 nitrogen and oxygen atoms in total. The van der Waals surface area contributed by atoms with E-state index in [9.17, 15) is 9.59 Å². The molecule has 0 aliphatic heterocycles. The second-order valence-electron chi connectivity index (χ2n) is 5.27. The molecule has 0 radical (unpaired) electrons. The predicted octanol–water partition coefficient (Wildman–Crippen LogP) is 0.934.